The van der Waals surface area contributed by atoms with E-state index in [2.05, 4.69) is 10.3 Å². The zero-order valence-corrected chi connectivity index (χ0v) is 19.6. The molecule has 3 aromatic rings. The van der Waals surface area contributed by atoms with Gasteiger partial charge in [0.05, 0.1) is 30.4 Å². The average molecular weight is 475 g/mol. The summed E-state index contributed by atoms with van der Waals surface area (Å²) < 4.78 is 16.0. The van der Waals surface area contributed by atoms with Gasteiger partial charge >= 0.3 is 5.97 Å². The number of esters is 1. The minimum atomic E-state index is -0.519. The minimum absolute atomic E-state index is 0.231. The maximum absolute atomic E-state index is 12.5. The number of ether oxygens (including phenoxy) is 3. The van der Waals surface area contributed by atoms with E-state index in [9.17, 15) is 9.59 Å². The fraction of sp³-hybridized carbons (Fsp3) is 0.115. The molecule has 1 aliphatic heterocycles. The molecule has 1 N–H and O–H groups in total. The smallest absolute Gasteiger partial charge is 0.343 e. The Morgan fingerprint density at radius 2 is 1.76 bits per heavy atom. The number of nitrogens with zero attached hydrogens (tertiary/aromatic N) is 1. The predicted octanol–water partition coefficient (Wildman–Crippen LogP) is 5.12. The second-order valence-corrected chi connectivity index (χ2v) is 8.38. The zero-order chi connectivity index (χ0) is 24.1. The van der Waals surface area contributed by atoms with Crippen LogP contribution in [-0.2, 0) is 4.79 Å². The Hall–Kier alpha value is -4.04. The summed E-state index contributed by atoms with van der Waals surface area (Å²) in [5.41, 5.74) is 2.96. The van der Waals surface area contributed by atoms with Crippen LogP contribution in [0.2, 0.25) is 0 Å². The van der Waals surface area contributed by atoms with Crippen molar-refractivity contribution in [2.75, 3.05) is 14.2 Å². The highest BCUT2D eigenvalue weighted by Crippen LogP contribution is 2.33. The molecule has 7 nitrogen and oxygen atoms in total. The molecule has 0 bridgehead atoms. The van der Waals surface area contributed by atoms with E-state index in [1.54, 1.807) is 55.7 Å². The quantitative estimate of drug-likeness (QED) is 0.303. The molecule has 1 saturated heterocycles. The summed E-state index contributed by atoms with van der Waals surface area (Å²) in [6.45, 7) is 1.99. The van der Waals surface area contributed by atoms with E-state index < -0.39 is 5.97 Å². The molecule has 0 unspecified atom stereocenters. The van der Waals surface area contributed by atoms with Gasteiger partial charge in [0, 0.05) is 0 Å². The van der Waals surface area contributed by atoms with Gasteiger partial charge in [0.25, 0.3) is 5.91 Å². The largest absolute Gasteiger partial charge is 0.497 e. The molecule has 34 heavy (non-hydrogen) atoms. The number of thioether (sulfide) groups is 1. The number of carbonyl (C=O) groups excluding carboxylic acids is 2. The van der Waals surface area contributed by atoms with Crippen LogP contribution < -0.4 is 19.5 Å². The van der Waals surface area contributed by atoms with E-state index in [-0.39, 0.29) is 11.7 Å². The molecule has 1 fully saturated rings. The van der Waals surface area contributed by atoms with E-state index in [0.717, 1.165) is 16.8 Å². The predicted molar refractivity (Wildman–Crippen MR) is 133 cm³/mol. The van der Waals surface area contributed by atoms with Crippen molar-refractivity contribution in [3.05, 3.63) is 88.3 Å². The number of hydrogen-bond donors (Lipinski definition) is 1. The van der Waals surface area contributed by atoms with Gasteiger partial charge in [-0.05, 0) is 84.4 Å². The Balaban J connectivity index is 1.50. The minimum Gasteiger partial charge on any atom is -0.497 e. The highest BCUT2D eigenvalue weighted by molar-refractivity contribution is 8.18. The summed E-state index contributed by atoms with van der Waals surface area (Å²) >= 11 is 1.26. The third kappa shape index (κ3) is 5.47. The fourth-order valence-corrected chi connectivity index (χ4v) is 4.03. The van der Waals surface area contributed by atoms with Crippen molar-refractivity contribution in [3.63, 3.8) is 0 Å². The Bertz CT molecular complexity index is 1300. The molecule has 0 radical (unpaired) electrons. The number of methoxy groups -OCH3 is 2. The Morgan fingerprint density at radius 1 is 0.971 bits per heavy atom. The molecule has 8 heteroatoms. The summed E-state index contributed by atoms with van der Waals surface area (Å²) in [7, 11) is 3.04. The Kier molecular flexibility index (Phi) is 6.98. The molecule has 3 aromatic carbocycles. The first-order valence-electron chi connectivity index (χ1n) is 10.4. The van der Waals surface area contributed by atoms with Crippen molar-refractivity contribution in [1.29, 1.82) is 0 Å². The topological polar surface area (TPSA) is 86.2 Å². The molecule has 0 saturated carbocycles. The normalized spacial score (nSPS) is 15.3. The van der Waals surface area contributed by atoms with Gasteiger partial charge in [-0.15, -0.1) is 0 Å². The van der Waals surface area contributed by atoms with Crippen molar-refractivity contribution < 1.29 is 23.8 Å². The summed E-state index contributed by atoms with van der Waals surface area (Å²) in [5, 5.41) is 3.29. The third-order valence-electron chi connectivity index (χ3n) is 4.90. The molecule has 1 aliphatic rings. The van der Waals surface area contributed by atoms with Crippen molar-refractivity contribution in [2.24, 2.45) is 4.99 Å². The summed E-state index contributed by atoms with van der Waals surface area (Å²) in [6, 6.07) is 19.4. The molecule has 0 aromatic heterocycles. The van der Waals surface area contributed by atoms with Crippen molar-refractivity contribution in [2.45, 2.75) is 6.92 Å². The molecule has 1 amide bonds. The van der Waals surface area contributed by atoms with Crippen LogP contribution in [0.5, 0.6) is 17.2 Å². The standard InChI is InChI=1S/C26H22N2O5S/c1-16-5-4-6-19(13-16)27-26-28-24(29)23(34-26)15-17-7-12-21(22(14-17)32-3)33-25(30)18-8-10-20(31-2)11-9-18/h4-15H,1-3H3,(H,27,28,29)/b23-15+. The summed E-state index contributed by atoms with van der Waals surface area (Å²) in [4.78, 5) is 29.9. The maximum atomic E-state index is 12.5. The van der Waals surface area contributed by atoms with Crippen molar-refractivity contribution >= 4 is 40.6 Å². The number of nitrogens with one attached hydrogen (secondary N) is 1. The number of amidine groups is 1. The van der Waals surface area contributed by atoms with E-state index in [4.69, 9.17) is 14.2 Å². The van der Waals surface area contributed by atoms with E-state index in [1.807, 2.05) is 31.2 Å². The second-order valence-electron chi connectivity index (χ2n) is 7.35. The number of amides is 1. The zero-order valence-electron chi connectivity index (χ0n) is 18.8. The van der Waals surface area contributed by atoms with Crippen LogP contribution in [0, 0.1) is 6.92 Å². The SMILES string of the molecule is COc1ccc(C(=O)Oc2ccc(/C=C3/SC(=Nc4cccc(C)c4)NC3=O)cc2OC)cc1. The number of aliphatic imine (C=N–C) groups is 1. The van der Waals surface area contributed by atoms with Crippen LogP contribution in [0.3, 0.4) is 0 Å². The lowest BCUT2D eigenvalue weighted by atomic mass is 10.1. The first-order chi connectivity index (χ1) is 16.4. The fourth-order valence-electron chi connectivity index (χ4n) is 3.19. The molecule has 1 heterocycles. The van der Waals surface area contributed by atoms with Gasteiger partial charge in [-0.3, -0.25) is 4.79 Å². The van der Waals surface area contributed by atoms with E-state index in [1.165, 1.54) is 18.9 Å². The van der Waals surface area contributed by atoms with Gasteiger partial charge in [-0.2, -0.15) is 0 Å². The molecule has 0 atom stereocenters. The monoisotopic (exact) mass is 474 g/mol. The third-order valence-corrected chi connectivity index (χ3v) is 5.81. The van der Waals surface area contributed by atoms with Gasteiger partial charge in [0.15, 0.2) is 16.7 Å². The molecule has 172 valence electrons. The van der Waals surface area contributed by atoms with Crippen LogP contribution in [0.4, 0.5) is 5.69 Å². The van der Waals surface area contributed by atoms with E-state index >= 15 is 0 Å². The summed E-state index contributed by atoms with van der Waals surface area (Å²) in [6.07, 6.45) is 1.73. The van der Waals surface area contributed by atoms with Crippen molar-refractivity contribution in [3.8, 4) is 17.2 Å². The maximum Gasteiger partial charge on any atom is 0.343 e. The second kappa shape index (κ2) is 10.3. The number of hydrogen-bond acceptors (Lipinski definition) is 7. The lowest BCUT2D eigenvalue weighted by Gasteiger charge is -2.10. The van der Waals surface area contributed by atoms with Crippen molar-refractivity contribution in [1.82, 2.24) is 5.32 Å². The van der Waals surface area contributed by atoms with Gasteiger partial charge in [-0.1, -0.05) is 18.2 Å². The molecular weight excluding hydrogens is 452 g/mol. The van der Waals surface area contributed by atoms with Crippen LogP contribution >= 0.6 is 11.8 Å². The highest BCUT2D eigenvalue weighted by atomic mass is 32.2. The molecule has 4 rings (SSSR count). The van der Waals surface area contributed by atoms with Gasteiger partial charge < -0.3 is 19.5 Å². The number of benzene rings is 3. The Morgan fingerprint density at radius 3 is 2.47 bits per heavy atom. The van der Waals surface area contributed by atoms with Crippen LogP contribution in [0.25, 0.3) is 6.08 Å². The molecular formula is C26H22N2O5S. The first kappa shape index (κ1) is 23.1. The summed E-state index contributed by atoms with van der Waals surface area (Å²) in [5.74, 6) is 0.538. The van der Waals surface area contributed by atoms with Crippen LogP contribution in [0.1, 0.15) is 21.5 Å². The number of aryl methyl sites for hydroxylation is 1. The van der Waals surface area contributed by atoms with Gasteiger partial charge in [-0.25, -0.2) is 9.79 Å². The van der Waals surface area contributed by atoms with E-state index in [0.29, 0.717) is 27.1 Å². The number of rotatable bonds is 6. The molecule has 0 spiro atoms. The van der Waals surface area contributed by atoms with Crippen LogP contribution in [-0.4, -0.2) is 31.3 Å². The van der Waals surface area contributed by atoms with Gasteiger partial charge in [0.1, 0.15) is 5.75 Å². The van der Waals surface area contributed by atoms with Crippen LogP contribution in [0.15, 0.2) is 76.6 Å². The lowest BCUT2D eigenvalue weighted by molar-refractivity contribution is -0.115. The highest BCUT2D eigenvalue weighted by Gasteiger charge is 2.24. The average Bonchev–Trinajstić information content (AvgIpc) is 3.18. The number of carbonyl (C=O) groups is 2. The van der Waals surface area contributed by atoms with Gasteiger partial charge in [0.2, 0.25) is 0 Å². The first-order valence-corrected chi connectivity index (χ1v) is 11.2. The molecule has 0 aliphatic carbocycles. The Labute approximate surface area is 201 Å². The lowest BCUT2D eigenvalue weighted by Crippen LogP contribution is -2.19.